The molecule has 1 N–H and O–H groups in total. The highest BCUT2D eigenvalue weighted by Gasteiger charge is 2.39. The Bertz CT molecular complexity index is 1120. The highest BCUT2D eigenvalue weighted by molar-refractivity contribution is 14.2. The molecule has 1 aliphatic carbocycles. The number of hydrogen-bond acceptors (Lipinski definition) is 8. The van der Waals surface area contributed by atoms with Crippen LogP contribution in [0.5, 0.6) is 0 Å². The fourth-order valence-electron chi connectivity index (χ4n) is 4.32. The quantitative estimate of drug-likeness (QED) is 0.292. The van der Waals surface area contributed by atoms with Gasteiger partial charge in [-0.25, -0.2) is 24.3 Å². The first-order valence-electron chi connectivity index (χ1n) is 10.5. The molecule has 0 bridgehead atoms. The van der Waals surface area contributed by atoms with E-state index < -0.39 is 5.82 Å². The molecule has 1 atom stereocenters. The number of halogens is 2. The van der Waals surface area contributed by atoms with Crippen molar-refractivity contribution in [2.24, 2.45) is 5.41 Å². The summed E-state index contributed by atoms with van der Waals surface area (Å²) in [7, 11) is 1.46. The van der Waals surface area contributed by atoms with Crippen LogP contribution < -0.4 is 5.32 Å². The van der Waals surface area contributed by atoms with E-state index in [2.05, 4.69) is 53.4 Å². The van der Waals surface area contributed by atoms with Gasteiger partial charge in [-0.3, -0.25) is 8.77 Å². The Morgan fingerprint density at radius 3 is 2.88 bits per heavy atom. The summed E-state index contributed by atoms with van der Waals surface area (Å²) < 4.78 is 21.9. The van der Waals surface area contributed by atoms with Gasteiger partial charge < -0.3 is 10.1 Å². The molecular weight excluding hydrogens is 546 g/mol. The number of nitrogens with zero attached hydrogens (tertiary/aromatic N) is 5. The number of anilines is 1. The second-order valence-corrected chi connectivity index (χ2v) is 9.87. The summed E-state index contributed by atoms with van der Waals surface area (Å²) in [6.45, 7) is 4.23. The third-order valence-corrected chi connectivity index (χ3v) is 7.77. The first-order valence-corrected chi connectivity index (χ1v) is 13.8. The predicted molar refractivity (Wildman–Crippen MR) is 131 cm³/mol. The number of nitrogens with one attached hydrogen (secondary N) is 1. The predicted octanol–water partition coefficient (Wildman–Crippen LogP) is 5.19. The number of ether oxygens (including phenoxy) is 1. The molecule has 0 amide bonds. The average molecular weight is 570 g/mol. The van der Waals surface area contributed by atoms with Crippen LogP contribution in [0.1, 0.15) is 46.0 Å². The summed E-state index contributed by atoms with van der Waals surface area (Å²) in [5.74, 6) is -0.416. The molecule has 1 aliphatic rings. The zero-order chi connectivity index (χ0) is 22.7. The van der Waals surface area contributed by atoms with E-state index in [0.717, 1.165) is 42.9 Å². The van der Waals surface area contributed by atoms with Crippen molar-refractivity contribution in [1.82, 2.24) is 23.9 Å². The largest absolute Gasteiger partial charge is 0.466 e. The molecule has 11 heteroatoms. The van der Waals surface area contributed by atoms with E-state index in [-0.39, 0.29) is 29.7 Å². The Morgan fingerprint density at radius 2 is 2.16 bits per heavy atom. The van der Waals surface area contributed by atoms with E-state index in [1.807, 2.05) is 10.2 Å². The Morgan fingerprint density at radius 1 is 1.38 bits per heavy atom. The lowest BCUT2D eigenvalue weighted by Gasteiger charge is -2.34. The minimum Gasteiger partial charge on any atom is -0.466 e. The van der Waals surface area contributed by atoms with Gasteiger partial charge in [-0.1, -0.05) is 19.8 Å². The molecule has 32 heavy (non-hydrogen) atoms. The molecule has 1 unspecified atom stereocenters. The van der Waals surface area contributed by atoms with Crippen LogP contribution in [0, 0.1) is 11.2 Å². The summed E-state index contributed by atoms with van der Waals surface area (Å²) in [5.41, 5.74) is 1.30. The molecule has 0 aromatic carbocycles. The van der Waals surface area contributed by atoms with Crippen molar-refractivity contribution in [3.8, 4) is 11.4 Å². The van der Waals surface area contributed by atoms with Gasteiger partial charge in [-0.2, -0.15) is 0 Å². The lowest BCUT2D eigenvalue weighted by atomic mass is 9.79. The second kappa shape index (κ2) is 9.86. The average Bonchev–Trinajstić information content (AvgIpc) is 3.39. The van der Waals surface area contributed by atoms with Gasteiger partial charge in [0.05, 0.1) is 19.2 Å². The summed E-state index contributed by atoms with van der Waals surface area (Å²) in [4.78, 5) is 29.5. The van der Waals surface area contributed by atoms with Gasteiger partial charge in [0, 0.05) is 59.7 Å². The van der Waals surface area contributed by atoms with Crippen molar-refractivity contribution < 1.29 is 13.9 Å². The van der Waals surface area contributed by atoms with Crippen molar-refractivity contribution in [2.45, 2.75) is 52.0 Å². The molecule has 3 heterocycles. The first kappa shape index (κ1) is 23.1. The van der Waals surface area contributed by atoms with Crippen LogP contribution in [-0.2, 0) is 9.53 Å². The zero-order valence-electron chi connectivity index (χ0n) is 17.8. The third-order valence-electron chi connectivity index (χ3n) is 6.07. The van der Waals surface area contributed by atoms with Gasteiger partial charge in [-0.05, 0) is 25.2 Å². The van der Waals surface area contributed by atoms with Crippen LogP contribution in [-0.4, -0.2) is 42.5 Å². The highest BCUT2D eigenvalue weighted by Crippen LogP contribution is 2.43. The fraction of sp³-hybridized carbons (Fsp3) is 0.476. The van der Waals surface area contributed by atoms with Crippen LogP contribution in [0.25, 0.3) is 22.4 Å². The molecule has 8 nitrogen and oxygen atoms in total. The summed E-state index contributed by atoms with van der Waals surface area (Å²) in [6.07, 6.45) is 10.4. The van der Waals surface area contributed by atoms with Crippen molar-refractivity contribution >= 4 is 53.1 Å². The number of hydrogen-bond donors (Lipinski definition) is 1. The molecule has 0 radical (unpaired) electrons. The van der Waals surface area contributed by atoms with E-state index >= 15 is 0 Å². The minimum absolute atomic E-state index is 0.0808. The van der Waals surface area contributed by atoms with Crippen LogP contribution in [0.2, 0.25) is 0 Å². The van der Waals surface area contributed by atoms with Gasteiger partial charge >= 0.3 is 5.97 Å². The van der Waals surface area contributed by atoms with Crippen LogP contribution >= 0.6 is 30.3 Å². The third kappa shape index (κ3) is 4.68. The Labute approximate surface area is 201 Å². The molecular formula is C21H24FIN6O2S. The molecule has 3 aromatic heterocycles. The SMILES string of the molecule is CCOC(=O)CC(Nc1nc(-c2cn(SI)c3ncncc23)ncc1F)C1(C)CCCC1. The molecule has 3 aromatic rings. The lowest BCUT2D eigenvalue weighted by molar-refractivity contribution is -0.144. The molecule has 0 saturated heterocycles. The number of carbonyl (C=O) groups is 1. The standard InChI is InChI=1S/C21H24FIN6O2S/c1-3-31-17(30)8-16(21(2)6-4-5-7-21)27-19-15(22)10-25-18(28-19)14-11-29(32-23)20-13(14)9-24-12-26-20/h9-12,16H,3-8H2,1-2H3,(H,25,27,28). The smallest absolute Gasteiger partial charge is 0.307 e. The highest BCUT2D eigenvalue weighted by atomic mass is 127. The Balaban J connectivity index is 1.69. The van der Waals surface area contributed by atoms with E-state index in [1.54, 1.807) is 13.1 Å². The summed E-state index contributed by atoms with van der Waals surface area (Å²) in [5, 5.41) is 4.00. The van der Waals surface area contributed by atoms with Gasteiger partial charge in [0.25, 0.3) is 0 Å². The second-order valence-electron chi connectivity index (χ2n) is 8.15. The lowest BCUT2D eigenvalue weighted by Crippen LogP contribution is -2.39. The Hall–Kier alpha value is -2.02. The van der Waals surface area contributed by atoms with Gasteiger partial charge in [-0.15, -0.1) is 0 Å². The van der Waals surface area contributed by atoms with E-state index in [1.165, 1.54) is 15.4 Å². The Kier molecular flexibility index (Phi) is 7.13. The molecule has 0 spiro atoms. The van der Waals surface area contributed by atoms with Gasteiger partial charge in [0.1, 0.15) is 6.33 Å². The van der Waals surface area contributed by atoms with E-state index in [0.29, 0.717) is 18.0 Å². The molecule has 1 saturated carbocycles. The van der Waals surface area contributed by atoms with Crippen molar-refractivity contribution in [1.29, 1.82) is 0 Å². The normalized spacial score (nSPS) is 16.2. The van der Waals surface area contributed by atoms with Gasteiger partial charge in [0.15, 0.2) is 23.1 Å². The minimum atomic E-state index is -0.563. The number of carbonyl (C=O) groups excluding carboxylic acids is 1. The monoisotopic (exact) mass is 570 g/mol. The topological polar surface area (TPSA) is 94.8 Å². The van der Waals surface area contributed by atoms with Crippen molar-refractivity contribution in [2.75, 3.05) is 11.9 Å². The maximum absolute atomic E-state index is 14.8. The summed E-state index contributed by atoms with van der Waals surface area (Å²) in [6, 6.07) is -0.295. The van der Waals surface area contributed by atoms with E-state index in [9.17, 15) is 9.18 Å². The van der Waals surface area contributed by atoms with E-state index in [4.69, 9.17) is 4.74 Å². The fourth-order valence-corrected chi connectivity index (χ4v) is 5.58. The van der Waals surface area contributed by atoms with Crippen LogP contribution in [0.3, 0.4) is 0 Å². The van der Waals surface area contributed by atoms with Crippen LogP contribution in [0.15, 0.2) is 24.9 Å². The summed E-state index contributed by atoms with van der Waals surface area (Å²) >= 11 is 2.17. The number of fused-ring (bicyclic) bond motifs is 1. The molecule has 0 aliphatic heterocycles. The zero-order valence-corrected chi connectivity index (χ0v) is 20.8. The molecule has 4 rings (SSSR count). The molecule has 1 fully saturated rings. The number of rotatable bonds is 8. The maximum Gasteiger partial charge on any atom is 0.307 e. The van der Waals surface area contributed by atoms with Gasteiger partial charge in [0.2, 0.25) is 0 Å². The number of esters is 1. The first-order chi connectivity index (χ1) is 15.4. The number of aromatic nitrogens is 5. The van der Waals surface area contributed by atoms with Crippen LogP contribution in [0.4, 0.5) is 10.2 Å². The van der Waals surface area contributed by atoms with Crippen molar-refractivity contribution in [3.05, 3.63) is 30.7 Å². The maximum atomic E-state index is 14.8. The molecule has 170 valence electrons. The van der Waals surface area contributed by atoms with Crippen molar-refractivity contribution in [3.63, 3.8) is 0 Å².